The highest BCUT2D eigenvalue weighted by Crippen LogP contribution is 2.21. The minimum Gasteiger partial charge on any atom is -0.495 e. The van der Waals surface area contributed by atoms with Gasteiger partial charge in [-0.15, -0.1) is 0 Å². The van der Waals surface area contributed by atoms with Gasteiger partial charge in [-0.25, -0.2) is 4.39 Å². The Balaban J connectivity index is 1.64. The fourth-order valence-corrected chi connectivity index (χ4v) is 4.64. The number of aromatic nitrogens is 1. The van der Waals surface area contributed by atoms with E-state index in [4.69, 9.17) is 33.7 Å². The monoisotopic (exact) mass is 617 g/mol. The van der Waals surface area contributed by atoms with Crippen LogP contribution in [0.2, 0.25) is 10.0 Å². The number of pyridine rings is 1. The number of nitrogens with two attached hydrogens (primary N) is 1. The topological polar surface area (TPSA) is 118 Å². The van der Waals surface area contributed by atoms with Gasteiger partial charge in [-0.3, -0.25) is 19.4 Å². The number of methoxy groups -OCH3 is 1. The minimum atomic E-state index is -0.669. The smallest absolute Gasteiger partial charge is 0.242 e. The van der Waals surface area contributed by atoms with E-state index >= 15 is 0 Å². The van der Waals surface area contributed by atoms with Crippen LogP contribution in [0.1, 0.15) is 16.8 Å². The molecule has 0 aliphatic heterocycles. The molecule has 3 N–H and O–H groups in total. The number of rotatable bonds is 16. The molecule has 0 atom stereocenters. The Kier molecular flexibility index (Phi) is 13.0. The van der Waals surface area contributed by atoms with Gasteiger partial charge in [0.05, 0.1) is 32.9 Å². The molecule has 1 aromatic heterocycles. The van der Waals surface area contributed by atoms with E-state index in [0.717, 1.165) is 11.1 Å². The number of hydrogen-bond donors (Lipinski definition) is 2. The summed E-state index contributed by atoms with van der Waals surface area (Å²) in [5.74, 6) is -1.16. The lowest BCUT2D eigenvalue weighted by Gasteiger charge is -2.27. The second-order valence-corrected chi connectivity index (χ2v) is 10.4. The Hall–Kier alpha value is -3.73. The Morgan fingerprint density at radius 3 is 2.29 bits per heavy atom. The number of ether oxygens (including phenoxy) is 1. The van der Waals surface area contributed by atoms with Crippen molar-refractivity contribution in [1.82, 2.24) is 20.1 Å². The van der Waals surface area contributed by atoms with E-state index in [1.54, 1.807) is 42.6 Å². The molecule has 1 heterocycles. The van der Waals surface area contributed by atoms with Gasteiger partial charge >= 0.3 is 0 Å². The molecule has 0 saturated heterocycles. The molecule has 12 heteroatoms. The summed E-state index contributed by atoms with van der Waals surface area (Å²) >= 11 is 12.2. The van der Waals surface area contributed by atoms with Gasteiger partial charge in [0.1, 0.15) is 11.6 Å². The molecule has 42 heavy (non-hydrogen) atoms. The van der Waals surface area contributed by atoms with Crippen molar-refractivity contribution in [3.8, 4) is 5.75 Å². The van der Waals surface area contributed by atoms with Crippen molar-refractivity contribution < 1.29 is 23.5 Å². The Bertz CT molecular complexity index is 1340. The van der Waals surface area contributed by atoms with E-state index in [0.29, 0.717) is 47.3 Å². The molecule has 3 amide bonds. The van der Waals surface area contributed by atoms with Crippen LogP contribution in [0.15, 0.2) is 60.8 Å². The van der Waals surface area contributed by atoms with Gasteiger partial charge in [0, 0.05) is 35.2 Å². The fraction of sp³-hybridized carbons (Fsp3) is 0.333. The van der Waals surface area contributed by atoms with E-state index in [2.05, 4.69) is 10.3 Å². The lowest BCUT2D eigenvalue weighted by molar-refractivity contribution is -0.141. The number of carbonyl (C=O) groups excluding carboxylic acids is 3. The molecule has 0 bridgehead atoms. The second kappa shape index (κ2) is 16.6. The number of hydrogen-bond acceptors (Lipinski definition) is 6. The molecule has 0 aliphatic carbocycles. The first-order chi connectivity index (χ1) is 20.1. The molecule has 0 spiro atoms. The van der Waals surface area contributed by atoms with Crippen LogP contribution in [-0.4, -0.2) is 78.9 Å². The van der Waals surface area contributed by atoms with Crippen molar-refractivity contribution in [2.75, 3.05) is 46.4 Å². The molecule has 0 fully saturated rings. The van der Waals surface area contributed by atoms with Crippen LogP contribution < -0.4 is 15.8 Å². The highest BCUT2D eigenvalue weighted by molar-refractivity contribution is 6.35. The molecular weight excluding hydrogens is 584 g/mol. The summed E-state index contributed by atoms with van der Waals surface area (Å²) in [6.45, 7) is 0.290. The highest BCUT2D eigenvalue weighted by Gasteiger charge is 2.22. The van der Waals surface area contributed by atoms with Gasteiger partial charge in [0.15, 0.2) is 0 Å². The van der Waals surface area contributed by atoms with Gasteiger partial charge in [-0.1, -0.05) is 41.4 Å². The van der Waals surface area contributed by atoms with E-state index in [1.807, 2.05) is 6.07 Å². The highest BCUT2D eigenvalue weighted by atomic mass is 35.5. The van der Waals surface area contributed by atoms with Crippen molar-refractivity contribution in [3.63, 3.8) is 0 Å². The van der Waals surface area contributed by atoms with Crippen molar-refractivity contribution >= 4 is 40.9 Å². The zero-order valence-corrected chi connectivity index (χ0v) is 24.8. The molecular formula is C30H34Cl2FN5O4. The van der Waals surface area contributed by atoms with Crippen molar-refractivity contribution in [1.29, 1.82) is 0 Å². The van der Waals surface area contributed by atoms with E-state index < -0.39 is 11.8 Å². The Morgan fingerprint density at radius 1 is 0.929 bits per heavy atom. The molecule has 3 rings (SSSR count). The number of benzene rings is 2. The van der Waals surface area contributed by atoms with Gasteiger partial charge < -0.3 is 25.6 Å². The average Bonchev–Trinajstić information content (AvgIpc) is 2.97. The summed E-state index contributed by atoms with van der Waals surface area (Å²) < 4.78 is 18.5. The fourth-order valence-electron chi connectivity index (χ4n) is 4.13. The Labute approximate surface area is 254 Å². The quantitative estimate of drug-likeness (QED) is 0.238. The van der Waals surface area contributed by atoms with Gasteiger partial charge in [-0.2, -0.15) is 0 Å². The van der Waals surface area contributed by atoms with Gasteiger partial charge in [0.2, 0.25) is 17.7 Å². The summed E-state index contributed by atoms with van der Waals surface area (Å²) in [6, 6.07) is 14.7. The van der Waals surface area contributed by atoms with Crippen molar-refractivity contribution in [3.05, 3.63) is 93.5 Å². The maximum atomic E-state index is 13.4. The predicted octanol–water partition coefficient (Wildman–Crippen LogP) is 3.30. The number of nitrogens with zero attached hydrogens (tertiary/aromatic N) is 3. The van der Waals surface area contributed by atoms with Crippen LogP contribution in [0.4, 0.5) is 4.39 Å². The van der Waals surface area contributed by atoms with Crippen LogP contribution in [0, 0.1) is 5.82 Å². The summed E-state index contributed by atoms with van der Waals surface area (Å²) in [5.41, 5.74) is 7.82. The first-order valence-electron chi connectivity index (χ1n) is 13.4. The third-order valence-electron chi connectivity index (χ3n) is 6.50. The summed E-state index contributed by atoms with van der Waals surface area (Å²) in [5, 5.41) is 4.19. The standard InChI is InChI=1S/C30H34Cl2FN5O4/c1-42-26-9-8-25(36-17-26)12-15-37(19-28(34)39)30(41)20-38(14-11-21-2-6-24(33)7-3-21)29(40)18-35-13-10-22-4-5-23(31)16-27(22)32/h2-9,16-17,35H,10-15,18-20H2,1H3,(H2,34,39). The number of carbonyl (C=O) groups is 3. The molecule has 224 valence electrons. The lowest BCUT2D eigenvalue weighted by atomic mass is 10.1. The van der Waals surface area contributed by atoms with Crippen molar-refractivity contribution in [2.45, 2.75) is 19.3 Å². The van der Waals surface area contributed by atoms with E-state index in [9.17, 15) is 18.8 Å². The lowest BCUT2D eigenvalue weighted by Crippen LogP contribution is -2.48. The number of primary amides is 1. The van der Waals surface area contributed by atoms with Gasteiger partial charge in [-0.05, 0) is 66.9 Å². The molecule has 9 nitrogen and oxygen atoms in total. The molecule has 0 radical (unpaired) electrons. The maximum absolute atomic E-state index is 13.4. The molecule has 3 aromatic rings. The first-order valence-corrected chi connectivity index (χ1v) is 14.1. The van der Waals surface area contributed by atoms with Crippen LogP contribution in [0.3, 0.4) is 0 Å². The maximum Gasteiger partial charge on any atom is 0.242 e. The molecule has 2 aromatic carbocycles. The summed E-state index contributed by atoms with van der Waals surface area (Å²) in [7, 11) is 1.54. The van der Waals surface area contributed by atoms with Crippen molar-refractivity contribution in [2.24, 2.45) is 5.73 Å². The number of amides is 3. The van der Waals surface area contributed by atoms with Crippen LogP contribution in [0.5, 0.6) is 5.75 Å². The van der Waals surface area contributed by atoms with Gasteiger partial charge in [0.25, 0.3) is 0 Å². The zero-order valence-electron chi connectivity index (χ0n) is 23.3. The third kappa shape index (κ3) is 10.9. The SMILES string of the molecule is COc1ccc(CCN(CC(N)=O)C(=O)CN(CCc2ccc(F)cc2)C(=O)CNCCc2ccc(Cl)cc2Cl)nc1. The largest absolute Gasteiger partial charge is 0.495 e. The number of halogens is 3. The predicted molar refractivity (Wildman–Crippen MR) is 160 cm³/mol. The minimum absolute atomic E-state index is 0.0203. The summed E-state index contributed by atoms with van der Waals surface area (Å²) in [4.78, 5) is 45.4. The van der Waals surface area contributed by atoms with Crippen LogP contribution >= 0.6 is 23.2 Å². The van der Waals surface area contributed by atoms with E-state index in [1.165, 1.54) is 29.0 Å². The van der Waals surface area contributed by atoms with Crippen LogP contribution in [0.25, 0.3) is 0 Å². The molecule has 0 unspecified atom stereocenters. The zero-order chi connectivity index (χ0) is 30.5. The number of nitrogens with one attached hydrogen (secondary N) is 1. The second-order valence-electron chi connectivity index (χ2n) is 9.58. The van der Waals surface area contributed by atoms with Crippen LogP contribution in [-0.2, 0) is 33.6 Å². The molecule has 0 aliphatic rings. The third-order valence-corrected chi connectivity index (χ3v) is 7.08. The first kappa shape index (κ1) is 32.8. The van der Waals surface area contributed by atoms with E-state index in [-0.39, 0.29) is 44.4 Å². The Morgan fingerprint density at radius 2 is 1.64 bits per heavy atom. The average molecular weight is 619 g/mol. The normalized spacial score (nSPS) is 10.8. The summed E-state index contributed by atoms with van der Waals surface area (Å²) in [6.07, 6.45) is 2.93. The molecule has 0 saturated carbocycles.